The molecule has 2 heteroatoms. The van der Waals surface area contributed by atoms with Gasteiger partial charge in [-0.2, -0.15) is 0 Å². The van der Waals surface area contributed by atoms with Crippen molar-refractivity contribution in [1.82, 2.24) is 0 Å². The second-order valence-corrected chi connectivity index (χ2v) is 5.46. The summed E-state index contributed by atoms with van der Waals surface area (Å²) in [7, 11) is 0. The van der Waals surface area contributed by atoms with Crippen LogP contribution in [0.25, 0.3) is 0 Å². The summed E-state index contributed by atoms with van der Waals surface area (Å²) in [5.74, 6) is 1.53. The SMILES string of the molecule is C=CCOC1C2CCC(C2)C1Nc1ccccc1. The average molecular weight is 243 g/mol. The monoisotopic (exact) mass is 243 g/mol. The van der Waals surface area contributed by atoms with Gasteiger partial charge < -0.3 is 10.1 Å². The molecule has 0 amide bonds. The zero-order valence-electron chi connectivity index (χ0n) is 10.7. The van der Waals surface area contributed by atoms with Crippen LogP contribution < -0.4 is 5.32 Å². The van der Waals surface area contributed by atoms with E-state index in [-0.39, 0.29) is 0 Å². The molecule has 1 aromatic carbocycles. The van der Waals surface area contributed by atoms with E-state index in [0.29, 0.717) is 18.8 Å². The Labute approximate surface area is 109 Å². The number of nitrogens with one attached hydrogen (secondary N) is 1. The van der Waals surface area contributed by atoms with Crippen molar-refractivity contribution < 1.29 is 4.74 Å². The van der Waals surface area contributed by atoms with E-state index in [0.717, 1.165) is 11.8 Å². The van der Waals surface area contributed by atoms with Gasteiger partial charge in [-0.1, -0.05) is 24.3 Å². The Morgan fingerprint density at radius 3 is 2.78 bits per heavy atom. The zero-order valence-corrected chi connectivity index (χ0v) is 10.7. The minimum atomic E-state index is 0.363. The number of anilines is 1. The molecular weight excluding hydrogens is 222 g/mol. The molecule has 2 nitrogen and oxygen atoms in total. The molecule has 0 spiro atoms. The van der Waals surface area contributed by atoms with Crippen molar-refractivity contribution in [2.24, 2.45) is 11.8 Å². The number of rotatable bonds is 5. The van der Waals surface area contributed by atoms with E-state index < -0.39 is 0 Å². The number of hydrogen-bond acceptors (Lipinski definition) is 2. The molecule has 2 bridgehead atoms. The van der Waals surface area contributed by atoms with Crippen LogP contribution in [0.15, 0.2) is 43.0 Å². The molecule has 0 heterocycles. The van der Waals surface area contributed by atoms with Crippen molar-refractivity contribution >= 4 is 5.69 Å². The minimum absolute atomic E-state index is 0.363. The van der Waals surface area contributed by atoms with Gasteiger partial charge in [0, 0.05) is 5.69 Å². The van der Waals surface area contributed by atoms with E-state index in [4.69, 9.17) is 4.74 Å². The molecule has 18 heavy (non-hydrogen) atoms. The standard InChI is InChI=1S/C16H21NO/c1-2-10-18-16-13-9-8-12(11-13)15(16)17-14-6-4-3-5-7-14/h2-7,12-13,15-17H,1,8-11H2. The zero-order chi connectivity index (χ0) is 12.4. The molecular formula is C16H21NO. The van der Waals surface area contributed by atoms with E-state index >= 15 is 0 Å². The van der Waals surface area contributed by atoms with Crippen LogP contribution in [0, 0.1) is 11.8 Å². The highest BCUT2D eigenvalue weighted by molar-refractivity contribution is 5.44. The molecule has 4 unspecified atom stereocenters. The normalized spacial score (nSPS) is 33.6. The first-order valence-electron chi connectivity index (χ1n) is 6.92. The number of hydrogen-bond donors (Lipinski definition) is 1. The summed E-state index contributed by atoms with van der Waals surface area (Å²) in [6, 6.07) is 11.0. The lowest BCUT2D eigenvalue weighted by Crippen LogP contribution is -2.40. The first kappa shape index (κ1) is 11.8. The van der Waals surface area contributed by atoms with Crippen molar-refractivity contribution in [2.75, 3.05) is 11.9 Å². The maximum atomic E-state index is 5.99. The van der Waals surface area contributed by atoms with E-state index in [9.17, 15) is 0 Å². The largest absolute Gasteiger partial charge is 0.379 e. The Bertz CT molecular complexity index is 403. The Morgan fingerprint density at radius 1 is 1.22 bits per heavy atom. The molecule has 4 atom stereocenters. The van der Waals surface area contributed by atoms with Crippen LogP contribution in [-0.4, -0.2) is 18.8 Å². The Hall–Kier alpha value is -1.28. The molecule has 96 valence electrons. The van der Waals surface area contributed by atoms with Crippen molar-refractivity contribution in [3.8, 4) is 0 Å². The van der Waals surface area contributed by atoms with Crippen LogP contribution in [-0.2, 0) is 4.74 Å². The van der Waals surface area contributed by atoms with E-state index in [1.165, 1.54) is 24.9 Å². The summed E-state index contributed by atoms with van der Waals surface area (Å²) in [6.45, 7) is 4.41. The molecule has 2 saturated carbocycles. The molecule has 3 rings (SSSR count). The van der Waals surface area contributed by atoms with Gasteiger partial charge in [-0.15, -0.1) is 6.58 Å². The van der Waals surface area contributed by atoms with E-state index in [1.54, 1.807) is 0 Å². The van der Waals surface area contributed by atoms with Crippen LogP contribution in [0.2, 0.25) is 0 Å². The van der Waals surface area contributed by atoms with Crippen LogP contribution in [0.4, 0.5) is 5.69 Å². The molecule has 0 radical (unpaired) electrons. The van der Waals surface area contributed by atoms with E-state index in [2.05, 4.69) is 42.2 Å². The van der Waals surface area contributed by atoms with Gasteiger partial charge in [0.2, 0.25) is 0 Å². The summed E-state index contributed by atoms with van der Waals surface area (Å²) in [5.41, 5.74) is 1.21. The number of para-hydroxylation sites is 1. The highest BCUT2D eigenvalue weighted by atomic mass is 16.5. The second kappa shape index (κ2) is 5.15. The van der Waals surface area contributed by atoms with Gasteiger partial charge >= 0.3 is 0 Å². The summed E-state index contributed by atoms with van der Waals surface area (Å²) < 4.78 is 5.99. The summed E-state index contributed by atoms with van der Waals surface area (Å²) in [6.07, 6.45) is 6.22. The molecule has 1 N–H and O–H groups in total. The molecule has 2 fully saturated rings. The quantitative estimate of drug-likeness (QED) is 0.800. The fraction of sp³-hybridized carbons (Fsp3) is 0.500. The van der Waals surface area contributed by atoms with Crippen LogP contribution in [0.3, 0.4) is 0 Å². The maximum Gasteiger partial charge on any atom is 0.0811 e. The van der Waals surface area contributed by atoms with Crippen molar-refractivity contribution in [3.05, 3.63) is 43.0 Å². The summed E-state index contributed by atoms with van der Waals surface area (Å²) >= 11 is 0. The summed E-state index contributed by atoms with van der Waals surface area (Å²) in [4.78, 5) is 0. The Morgan fingerprint density at radius 2 is 2.00 bits per heavy atom. The molecule has 2 aliphatic rings. The van der Waals surface area contributed by atoms with Crippen LogP contribution in [0.5, 0.6) is 0 Å². The predicted octanol–water partition coefficient (Wildman–Crippen LogP) is 3.47. The fourth-order valence-electron chi connectivity index (χ4n) is 3.58. The highest BCUT2D eigenvalue weighted by Crippen LogP contribution is 2.47. The number of ether oxygens (including phenoxy) is 1. The number of fused-ring (bicyclic) bond motifs is 2. The third kappa shape index (κ3) is 2.17. The van der Waals surface area contributed by atoms with Gasteiger partial charge in [0.25, 0.3) is 0 Å². The van der Waals surface area contributed by atoms with Gasteiger partial charge in [-0.05, 0) is 43.2 Å². The van der Waals surface area contributed by atoms with Gasteiger partial charge in [0.1, 0.15) is 0 Å². The van der Waals surface area contributed by atoms with Crippen molar-refractivity contribution in [1.29, 1.82) is 0 Å². The highest BCUT2D eigenvalue weighted by Gasteiger charge is 2.48. The fourth-order valence-corrected chi connectivity index (χ4v) is 3.58. The molecule has 1 aromatic rings. The lowest BCUT2D eigenvalue weighted by molar-refractivity contribution is 0.0257. The molecule has 0 aliphatic heterocycles. The molecule has 0 aromatic heterocycles. The molecule has 2 aliphatic carbocycles. The predicted molar refractivity (Wildman–Crippen MR) is 74.6 cm³/mol. The smallest absolute Gasteiger partial charge is 0.0811 e. The topological polar surface area (TPSA) is 21.3 Å². The van der Waals surface area contributed by atoms with Crippen LogP contribution in [0.1, 0.15) is 19.3 Å². The second-order valence-electron chi connectivity index (χ2n) is 5.46. The first-order valence-corrected chi connectivity index (χ1v) is 6.92. The van der Waals surface area contributed by atoms with Gasteiger partial charge in [0.05, 0.1) is 18.8 Å². The average Bonchev–Trinajstić information content (AvgIpc) is 2.99. The van der Waals surface area contributed by atoms with Gasteiger partial charge in [-0.3, -0.25) is 0 Å². The maximum absolute atomic E-state index is 5.99. The van der Waals surface area contributed by atoms with Gasteiger partial charge in [-0.25, -0.2) is 0 Å². The van der Waals surface area contributed by atoms with Crippen molar-refractivity contribution in [2.45, 2.75) is 31.4 Å². The van der Waals surface area contributed by atoms with Crippen LogP contribution >= 0.6 is 0 Å². The van der Waals surface area contributed by atoms with Gasteiger partial charge in [0.15, 0.2) is 0 Å². The first-order chi connectivity index (χ1) is 8.88. The Balaban J connectivity index is 1.71. The van der Waals surface area contributed by atoms with Crippen molar-refractivity contribution in [3.63, 3.8) is 0 Å². The molecule has 0 saturated heterocycles. The van der Waals surface area contributed by atoms with E-state index in [1.807, 2.05) is 6.08 Å². The third-order valence-corrected chi connectivity index (χ3v) is 4.35. The Kier molecular flexibility index (Phi) is 3.37. The summed E-state index contributed by atoms with van der Waals surface area (Å²) in [5, 5.41) is 3.67. The number of benzene rings is 1. The third-order valence-electron chi connectivity index (χ3n) is 4.35. The minimum Gasteiger partial charge on any atom is -0.379 e. The lowest BCUT2D eigenvalue weighted by atomic mass is 9.92. The lowest BCUT2D eigenvalue weighted by Gasteiger charge is -2.32.